The van der Waals surface area contributed by atoms with Gasteiger partial charge in [0.1, 0.15) is 11.5 Å². The second-order valence-electron chi connectivity index (χ2n) is 10.5. The van der Waals surface area contributed by atoms with Crippen molar-refractivity contribution < 1.29 is 14.1 Å². The molecule has 0 amide bonds. The smallest absolute Gasteiger partial charge is 0.204 e. The number of halogens is 3. The van der Waals surface area contributed by atoms with Crippen molar-refractivity contribution in [2.24, 2.45) is 28.6 Å². The molecule has 7 heteroatoms. The van der Waals surface area contributed by atoms with Crippen LogP contribution >= 0.6 is 34.8 Å². The Bertz CT molecular complexity index is 1100. The first kappa shape index (κ1) is 23.9. The van der Waals surface area contributed by atoms with Crippen LogP contribution in [0.5, 0.6) is 0 Å². The quantitative estimate of drug-likeness (QED) is 0.327. The summed E-state index contributed by atoms with van der Waals surface area (Å²) < 4.78 is 12.8. The number of Topliss-reactive ketones (excluding diaryl/α,β-unsaturated/α-hetero) is 1. The zero-order chi connectivity index (χ0) is 23.8. The number of alkyl halides is 1. The highest BCUT2D eigenvalue weighted by atomic mass is 35.5. The number of benzene rings is 1. The van der Waals surface area contributed by atoms with Crippen molar-refractivity contribution in [2.45, 2.75) is 55.9 Å². The fourth-order valence-electron chi connectivity index (χ4n) is 7.23. The van der Waals surface area contributed by atoms with Crippen LogP contribution in [0.2, 0.25) is 10.0 Å². The number of fused-ring (bicyclic) bond motifs is 5. The van der Waals surface area contributed by atoms with Gasteiger partial charge in [0.25, 0.3) is 0 Å². The van der Waals surface area contributed by atoms with E-state index in [0.717, 1.165) is 30.4 Å². The van der Waals surface area contributed by atoms with E-state index in [1.54, 1.807) is 30.4 Å². The first-order chi connectivity index (χ1) is 15.5. The molecule has 0 N–H and O–H groups in total. The zero-order valence-electron chi connectivity index (χ0n) is 18.7. The largest absolute Gasteiger partial charge is 0.615 e. The van der Waals surface area contributed by atoms with Gasteiger partial charge in [-0.2, -0.15) is 0 Å². The van der Waals surface area contributed by atoms with Crippen LogP contribution in [0, 0.1) is 28.6 Å². The highest BCUT2D eigenvalue weighted by Crippen LogP contribution is 2.68. The van der Waals surface area contributed by atoms with Crippen molar-refractivity contribution in [2.75, 3.05) is 0 Å². The Labute approximate surface area is 213 Å². The van der Waals surface area contributed by atoms with Gasteiger partial charge in [0.05, 0.1) is 0 Å². The highest BCUT2D eigenvalue weighted by Gasteiger charge is 2.70. The second kappa shape index (κ2) is 8.13. The summed E-state index contributed by atoms with van der Waals surface area (Å²) in [4.78, 5) is 25.7. The Kier molecular flexibility index (Phi) is 5.90. The molecule has 33 heavy (non-hydrogen) atoms. The van der Waals surface area contributed by atoms with E-state index < -0.39 is 26.2 Å². The minimum absolute atomic E-state index is 0.00548. The molecule has 4 aliphatic rings. The summed E-state index contributed by atoms with van der Waals surface area (Å²) in [7, 11) is 0. The summed E-state index contributed by atoms with van der Waals surface area (Å²) in [6.07, 6.45) is 8.73. The fraction of sp³-hybridized carbons (Fsp3) is 0.538. The van der Waals surface area contributed by atoms with E-state index in [-0.39, 0.29) is 35.1 Å². The standard InChI is InChI=1S/C26H27Cl3O3S/c1-24-9-7-18(30)11-16(24)4-6-19-20-8-10-26(29,25(20,2)13-22(31)23(19)24)33(32)14-15-3-5-17(27)12-21(15)28/h3,5,7,9,11-12,19-20,23H,4,6,8,10,13-14H2,1-2H3/t19-,20-,23+,24-,25-,26-,33?/m0/s1. The minimum atomic E-state index is -1.42. The highest BCUT2D eigenvalue weighted by molar-refractivity contribution is 7.93. The van der Waals surface area contributed by atoms with Crippen LogP contribution in [0.15, 0.2) is 42.0 Å². The average Bonchev–Trinajstić information content (AvgIpc) is 3.02. The topological polar surface area (TPSA) is 57.2 Å². The molecule has 0 aromatic heterocycles. The normalized spacial score (nSPS) is 40.7. The number of rotatable bonds is 3. The molecule has 0 saturated heterocycles. The van der Waals surface area contributed by atoms with Crippen molar-refractivity contribution in [1.29, 1.82) is 0 Å². The first-order valence-electron chi connectivity index (χ1n) is 11.5. The second-order valence-corrected chi connectivity index (χ2v) is 13.9. The molecular weight excluding hydrogens is 499 g/mol. The molecule has 7 atom stereocenters. The molecule has 4 aliphatic carbocycles. The molecule has 0 radical (unpaired) electrons. The molecule has 5 rings (SSSR count). The van der Waals surface area contributed by atoms with E-state index in [2.05, 4.69) is 13.8 Å². The predicted octanol–water partition coefficient (Wildman–Crippen LogP) is 6.66. The Morgan fingerprint density at radius 2 is 1.94 bits per heavy atom. The first-order valence-corrected chi connectivity index (χ1v) is 13.9. The number of carbonyl (C=O) groups excluding carboxylic acids is 2. The van der Waals surface area contributed by atoms with E-state index >= 15 is 0 Å². The van der Waals surface area contributed by atoms with Crippen LogP contribution < -0.4 is 0 Å². The van der Waals surface area contributed by atoms with E-state index in [0.29, 0.717) is 22.9 Å². The van der Waals surface area contributed by atoms with Crippen LogP contribution in [-0.4, -0.2) is 20.3 Å². The molecule has 3 saturated carbocycles. The van der Waals surface area contributed by atoms with Gasteiger partial charge in [0.2, 0.25) is 4.21 Å². The Morgan fingerprint density at radius 3 is 2.67 bits per heavy atom. The van der Waals surface area contributed by atoms with Crippen LogP contribution in [0.25, 0.3) is 0 Å². The van der Waals surface area contributed by atoms with Gasteiger partial charge in [-0.3, -0.25) is 9.59 Å². The van der Waals surface area contributed by atoms with Gasteiger partial charge in [-0.05, 0) is 66.6 Å². The van der Waals surface area contributed by atoms with Crippen molar-refractivity contribution in [3.8, 4) is 0 Å². The number of carbonyl (C=O) groups is 2. The molecule has 1 aromatic carbocycles. The maximum atomic E-state index is 13.7. The van der Waals surface area contributed by atoms with Gasteiger partial charge < -0.3 is 4.55 Å². The summed E-state index contributed by atoms with van der Waals surface area (Å²) in [5.41, 5.74) is 0.859. The lowest BCUT2D eigenvalue weighted by Gasteiger charge is -2.56. The molecule has 1 aromatic rings. The number of allylic oxidation sites excluding steroid dienone is 4. The van der Waals surface area contributed by atoms with Crippen LogP contribution in [0.3, 0.4) is 0 Å². The number of ketones is 2. The summed E-state index contributed by atoms with van der Waals surface area (Å²) in [6.45, 7) is 4.17. The third-order valence-electron chi connectivity index (χ3n) is 8.94. The lowest BCUT2D eigenvalue weighted by atomic mass is 9.48. The molecule has 176 valence electrons. The van der Waals surface area contributed by atoms with E-state index in [4.69, 9.17) is 34.8 Å². The third-order valence-corrected chi connectivity index (χ3v) is 12.6. The fourth-order valence-corrected chi connectivity index (χ4v) is 10.1. The SMILES string of the molecule is C[C@]12C=CC(=O)C=C1CC[C@@H]1[C@@H]2C(=O)C[C@@]2(C)[C@H]1CC[C@]2(Cl)[S+]([O-])Cc1ccc(Cl)cc1Cl. The summed E-state index contributed by atoms with van der Waals surface area (Å²) in [5, 5.41) is 1.01. The summed E-state index contributed by atoms with van der Waals surface area (Å²) in [5.74, 6) is 0.655. The number of hydrogen-bond donors (Lipinski definition) is 0. The third kappa shape index (κ3) is 3.50. The lowest BCUT2D eigenvalue weighted by Crippen LogP contribution is -2.58. The van der Waals surface area contributed by atoms with Crippen LogP contribution in [-0.2, 0) is 26.5 Å². The molecule has 3 fully saturated rings. The van der Waals surface area contributed by atoms with Crippen molar-refractivity contribution in [3.63, 3.8) is 0 Å². The molecular formula is C26H27Cl3O3S. The van der Waals surface area contributed by atoms with Gasteiger partial charge in [0, 0.05) is 45.2 Å². The Hall–Kier alpha value is -0.780. The van der Waals surface area contributed by atoms with Crippen LogP contribution in [0.1, 0.15) is 51.5 Å². The summed E-state index contributed by atoms with van der Waals surface area (Å²) in [6, 6.07) is 5.19. The molecule has 1 unspecified atom stereocenters. The molecule has 3 nitrogen and oxygen atoms in total. The maximum Gasteiger partial charge on any atom is 0.204 e. The monoisotopic (exact) mass is 524 g/mol. The average molecular weight is 526 g/mol. The van der Waals surface area contributed by atoms with E-state index in [1.165, 1.54) is 0 Å². The van der Waals surface area contributed by atoms with E-state index in [1.807, 2.05) is 6.08 Å². The maximum absolute atomic E-state index is 13.7. The van der Waals surface area contributed by atoms with Crippen molar-refractivity contribution in [3.05, 3.63) is 57.6 Å². The minimum Gasteiger partial charge on any atom is -0.615 e. The van der Waals surface area contributed by atoms with Gasteiger partial charge in [-0.25, -0.2) is 0 Å². The Morgan fingerprint density at radius 1 is 1.18 bits per heavy atom. The number of hydrogen-bond acceptors (Lipinski definition) is 3. The predicted molar refractivity (Wildman–Crippen MR) is 134 cm³/mol. The van der Waals surface area contributed by atoms with Crippen LogP contribution in [0.4, 0.5) is 0 Å². The van der Waals surface area contributed by atoms with Gasteiger partial charge in [-0.15, -0.1) is 0 Å². The van der Waals surface area contributed by atoms with Gasteiger partial charge >= 0.3 is 0 Å². The lowest BCUT2D eigenvalue weighted by molar-refractivity contribution is -0.141. The molecule has 0 spiro atoms. The Balaban J connectivity index is 1.46. The molecule has 0 aliphatic heterocycles. The zero-order valence-corrected chi connectivity index (χ0v) is 21.8. The molecule has 0 bridgehead atoms. The van der Waals surface area contributed by atoms with Crippen molar-refractivity contribution >= 4 is 57.5 Å². The van der Waals surface area contributed by atoms with Gasteiger partial charge in [-0.1, -0.05) is 66.4 Å². The van der Waals surface area contributed by atoms with Crippen molar-refractivity contribution in [1.82, 2.24) is 0 Å². The summed E-state index contributed by atoms with van der Waals surface area (Å²) >= 11 is 18.2. The van der Waals surface area contributed by atoms with Gasteiger partial charge in [0.15, 0.2) is 5.78 Å². The molecule has 0 heterocycles. The van der Waals surface area contributed by atoms with E-state index in [9.17, 15) is 14.1 Å².